The highest BCUT2D eigenvalue weighted by molar-refractivity contribution is 7.99. The second-order valence-corrected chi connectivity index (χ2v) is 6.92. The van der Waals surface area contributed by atoms with Crippen LogP contribution in [0.2, 0.25) is 5.02 Å². The van der Waals surface area contributed by atoms with Crippen LogP contribution in [0.25, 0.3) is 0 Å². The summed E-state index contributed by atoms with van der Waals surface area (Å²) in [6, 6.07) is 3.92. The van der Waals surface area contributed by atoms with Crippen molar-refractivity contribution in [2.75, 3.05) is 11.5 Å². The number of halogens is 1. The summed E-state index contributed by atoms with van der Waals surface area (Å²) in [7, 11) is 0. The topological polar surface area (TPSA) is 12.9 Å². The second kappa shape index (κ2) is 7.06. The molecule has 1 aromatic heterocycles. The molecule has 1 aliphatic carbocycles. The molecule has 1 aromatic rings. The van der Waals surface area contributed by atoms with Crippen molar-refractivity contribution in [3.05, 3.63) is 23.4 Å². The first-order valence-electron chi connectivity index (χ1n) is 6.59. The van der Waals surface area contributed by atoms with E-state index in [9.17, 15) is 0 Å². The summed E-state index contributed by atoms with van der Waals surface area (Å²) in [5.41, 5.74) is 0.408. The van der Waals surface area contributed by atoms with E-state index in [0.717, 1.165) is 16.5 Å². The number of thioether (sulfide) groups is 1. The predicted molar refractivity (Wildman–Crippen MR) is 84.0 cm³/mol. The lowest BCUT2D eigenvalue weighted by atomic mass is 9.84. The first-order valence-corrected chi connectivity index (χ1v) is 8.59. The number of rotatable bonds is 4. The van der Waals surface area contributed by atoms with Crippen molar-refractivity contribution in [2.45, 2.75) is 43.6 Å². The molecule has 0 aliphatic heterocycles. The lowest BCUT2D eigenvalue weighted by molar-refractivity contribution is 0.332. The molecule has 0 N–H and O–H groups in total. The molecule has 0 bridgehead atoms. The lowest BCUT2D eigenvalue weighted by Crippen LogP contribution is -2.25. The van der Waals surface area contributed by atoms with Gasteiger partial charge in [-0.3, -0.25) is 0 Å². The van der Waals surface area contributed by atoms with Crippen LogP contribution in [-0.4, -0.2) is 16.5 Å². The van der Waals surface area contributed by atoms with Gasteiger partial charge in [0.1, 0.15) is 0 Å². The summed E-state index contributed by atoms with van der Waals surface area (Å²) in [4.78, 5) is 4.36. The summed E-state index contributed by atoms with van der Waals surface area (Å²) in [5, 5.41) is 1.78. The van der Waals surface area contributed by atoms with Gasteiger partial charge in [0.05, 0.1) is 10.0 Å². The Morgan fingerprint density at radius 3 is 2.50 bits per heavy atom. The Morgan fingerprint density at radius 1 is 1.22 bits per heavy atom. The van der Waals surface area contributed by atoms with Gasteiger partial charge in [-0.1, -0.05) is 37.3 Å². The summed E-state index contributed by atoms with van der Waals surface area (Å²) in [6.45, 7) is 0. The highest BCUT2D eigenvalue weighted by Gasteiger charge is 2.29. The Hall–Kier alpha value is 0.140. The Balaban J connectivity index is 1.95. The van der Waals surface area contributed by atoms with Crippen LogP contribution in [-0.2, 0) is 0 Å². The van der Waals surface area contributed by atoms with Gasteiger partial charge in [0.2, 0.25) is 0 Å². The molecule has 0 saturated heterocycles. The minimum atomic E-state index is 0.408. The number of hydrogen-bond acceptors (Lipinski definition) is 3. The van der Waals surface area contributed by atoms with Crippen LogP contribution in [0.5, 0.6) is 0 Å². The zero-order valence-electron chi connectivity index (χ0n) is 10.6. The van der Waals surface area contributed by atoms with Gasteiger partial charge >= 0.3 is 0 Å². The molecule has 0 atom stereocenters. The van der Waals surface area contributed by atoms with E-state index in [4.69, 9.17) is 11.6 Å². The maximum absolute atomic E-state index is 5.85. The van der Waals surface area contributed by atoms with Crippen molar-refractivity contribution in [2.24, 2.45) is 5.41 Å². The van der Waals surface area contributed by atoms with E-state index < -0.39 is 0 Å². The van der Waals surface area contributed by atoms with E-state index in [2.05, 4.69) is 17.6 Å². The highest BCUT2D eigenvalue weighted by Crippen LogP contribution is 2.40. The standard InChI is InChI=1S/C14H20ClNS2/c15-12-5-6-13(16-9-12)18-11-14(10-17)7-3-1-2-4-8-14/h5-6,9,17H,1-4,7-8,10-11H2. The monoisotopic (exact) mass is 301 g/mol. The molecule has 2 rings (SSSR count). The van der Waals surface area contributed by atoms with Crippen molar-refractivity contribution in [3.63, 3.8) is 0 Å². The number of aromatic nitrogens is 1. The van der Waals surface area contributed by atoms with E-state index in [1.807, 2.05) is 23.9 Å². The molecule has 0 spiro atoms. The third kappa shape index (κ3) is 4.07. The smallest absolute Gasteiger partial charge is 0.0961 e. The van der Waals surface area contributed by atoms with Crippen LogP contribution in [0.1, 0.15) is 38.5 Å². The highest BCUT2D eigenvalue weighted by atomic mass is 35.5. The molecule has 1 aliphatic rings. The van der Waals surface area contributed by atoms with Gasteiger partial charge in [0.25, 0.3) is 0 Å². The molecule has 0 radical (unpaired) electrons. The average Bonchev–Trinajstić information content (AvgIpc) is 2.64. The van der Waals surface area contributed by atoms with Crippen LogP contribution < -0.4 is 0 Å². The first-order chi connectivity index (χ1) is 8.74. The molecule has 0 unspecified atom stereocenters. The van der Waals surface area contributed by atoms with E-state index in [-0.39, 0.29) is 0 Å². The van der Waals surface area contributed by atoms with Gasteiger partial charge in [0, 0.05) is 11.9 Å². The van der Waals surface area contributed by atoms with Crippen LogP contribution in [0, 0.1) is 5.41 Å². The first kappa shape index (κ1) is 14.5. The minimum Gasteiger partial charge on any atom is -0.248 e. The van der Waals surface area contributed by atoms with Gasteiger partial charge in [-0.2, -0.15) is 12.6 Å². The Kier molecular flexibility index (Phi) is 5.71. The normalized spacial score (nSPS) is 19.4. The van der Waals surface area contributed by atoms with Crippen molar-refractivity contribution < 1.29 is 0 Å². The number of thiol groups is 1. The average molecular weight is 302 g/mol. The van der Waals surface area contributed by atoms with Crippen molar-refractivity contribution in [1.29, 1.82) is 0 Å². The van der Waals surface area contributed by atoms with Gasteiger partial charge in [0.15, 0.2) is 0 Å². The second-order valence-electron chi connectivity index (χ2n) is 5.18. The largest absolute Gasteiger partial charge is 0.248 e. The fraction of sp³-hybridized carbons (Fsp3) is 0.643. The number of hydrogen-bond donors (Lipinski definition) is 1. The van der Waals surface area contributed by atoms with Crippen LogP contribution in [0.4, 0.5) is 0 Å². The Bertz CT molecular complexity index is 359. The maximum Gasteiger partial charge on any atom is 0.0961 e. The fourth-order valence-corrected chi connectivity index (χ4v) is 4.33. The van der Waals surface area contributed by atoms with E-state index in [1.54, 1.807) is 6.20 Å². The van der Waals surface area contributed by atoms with Gasteiger partial charge < -0.3 is 0 Å². The van der Waals surface area contributed by atoms with Crippen LogP contribution in [0.15, 0.2) is 23.4 Å². The SMILES string of the molecule is SCC1(CSc2ccc(Cl)cn2)CCCCCC1. The van der Waals surface area contributed by atoms with Crippen LogP contribution >= 0.6 is 36.0 Å². The van der Waals surface area contributed by atoms with E-state index in [1.165, 1.54) is 38.5 Å². The molecule has 1 fully saturated rings. The summed E-state index contributed by atoms with van der Waals surface area (Å²) < 4.78 is 0. The summed E-state index contributed by atoms with van der Waals surface area (Å²) >= 11 is 12.3. The lowest BCUT2D eigenvalue weighted by Gasteiger charge is -2.30. The maximum atomic E-state index is 5.85. The molecule has 18 heavy (non-hydrogen) atoms. The fourth-order valence-electron chi connectivity index (χ4n) is 2.50. The Morgan fingerprint density at radius 2 is 1.94 bits per heavy atom. The molecule has 1 nitrogen and oxygen atoms in total. The minimum absolute atomic E-state index is 0.408. The predicted octanol–water partition coefficient (Wildman–Crippen LogP) is 5.10. The summed E-state index contributed by atoms with van der Waals surface area (Å²) in [6.07, 6.45) is 9.85. The number of nitrogens with zero attached hydrogens (tertiary/aromatic N) is 1. The summed E-state index contributed by atoms with van der Waals surface area (Å²) in [5.74, 6) is 2.12. The molecule has 4 heteroatoms. The molecular formula is C14H20ClNS2. The van der Waals surface area contributed by atoms with Crippen molar-refractivity contribution >= 4 is 36.0 Å². The number of pyridine rings is 1. The van der Waals surface area contributed by atoms with Crippen molar-refractivity contribution in [1.82, 2.24) is 4.98 Å². The van der Waals surface area contributed by atoms with E-state index in [0.29, 0.717) is 10.4 Å². The third-order valence-corrected chi connectivity index (χ3v) is 5.91. The molecule has 100 valence electrons. The van der Waals surface area contributed by atoms with Crippen molar-refractivity contribution in [3.8, 4) is 0 Å². The third-order valence-electron chi connectivity index (χ3n) is 3.73. The zero-order valence-corrected chi connectivity index (χ0v) is 13.0. The molecular weight excluding hydrogens is 282 g/mol. The van der Waals surface area contributed by atoms with Crippen LogP contribution in [0.3, 0.4) is 0 Å². The molecule has 0 aromatic carbocycles. The van der Waals surface area contributed by atoms with Gasteiger partial charge in [-0.05, 0) is 36.1 Å². The molecule has 0 amide bonds. The van der Waals surface area contributed by atoms with Gasteiger partial charge in [-0.15, -0.1) is 11.8 Å². The Labute approximate surface area is 125 Å². The zero-order chi connectivity index (χ0) is 12.8. The van der Waals surface area contributed by atoms with E-state index >= 15 is 0 Å². The molecule has 1 heterocycles. The molecule has 1 saturated carbocycles. The van der Waals surface area contributed by atoms with Gasteiger partial charge in [-0.25, -0.2) is 4.98 Å². The quantitative estimate of drug-likeness (QED) is 0.472.